The molecule has 0 atom stereocenters. The SMILES string of the molecule is C=C(C)c1ccc(OCCOc2ccc(/C=C/C(=O)c3ccccc3)cc2)cc1. The van der Waals surface area contributed by atoms with Gasteiger partial charge in [-0.3, -0.25) is 4.79 Å². The molecule has 0 unspecified atom stereocenters. The number of allylic oxidation sites excluding steroid dienone is 2. The van der Waals surface area contributed by atoms with Gasteiger partial charge in [0.2, 0.25) is 0 Å². The van der Waals surface area contributed by atoms with Crippen LogP contribution in [0.1, 0.15) is 28.4 Å². The van der Waals surface area contributed by atoms with Crippen LogP contribution in [0.5, 0.6) is 11.5 Å². The largest absolute Gasteiger partial charge is 0.490 e. The van der Waals surface area contributed by atoms with Crippen LogP contribution in [-0.2, 0) is 0 Å². The molecule has 0 N–H and O–H groups in total. The summed E-state index contributed by atoms with van der Waals surface area (Å²) in [5.74, 6) is 1.55. The summed E-state index contributed by atoms with van der Waals surface area (Å²) >= 11 is 0. The van der Waals surface area contributed by atoms with Crippen molar-refractivity contribution in [3.63, 3.8) is 0 Å². The molecular weight excluding hydrogens is 360 g/mol. The molecule has 146 valence electrons. The van der Waals surface area contributed by atoms with Gasteiger partial charge in [0, 0.05) is 5.56 Å². The van der Waals surface area contributed by atoms with Crippen LogP contribution < -0.4 is 9.47 Å². The lowest BCUT2D eigenvalue weighted by Crippen LogP contribution is -2.08. The van der Waals surface area contributed by atoms with Crippen molar-refractivity contribution < 1.29 is 14.3 Å². The number of benzene rings is 3. The minimum absolute atomic E-state index is 0.0145. The summed E-state index contributed by atoms with van der Waals surface area (Å²) in [7, 11) is 0. The first-order valence-corrected chi connectivity index (χ1v) is 9.51. The summed E-state index contributed by atoms with van der Waals surface area (Å²) in [6.45, 7) is 6.81. The Morgan fingerprint density at radius 2 is 1.34 bits per heavy atom. The number of ether oxygens (including phenoxy) is 2. The number of carbonyl (C=O) groups is 1. The number of ketones is 1. The molecule has 0 aliphatic rings. The van der Waals surface area contributed by atoms with Crippen LogP contribution in [0.2, 0.25) is 0 Å². The van der Waals surface area contributed by atoms with E-state index < -0.39 is 0 Å². The zero-order chi connectivity index (χ0) is 20.5. The molecule has 29 heavy (non-hydrogen) atoms. The second-order valence-corrected chi connectivity index (χ2v) is 6.63. The fourth-order valence-corrected chi connectivity index (χ4v) is 2.70. The van der Waals surface area contributed by atoms with Crippen molar-refractivity contribution in [3.05, 3.63) is 108 Å². The summed E-state index contributed by atoms with van der Waals surface area (Å²) < 4.78 is 11.4. The van der Waals surface area contributed by atoms with Crippen molar-refractivity contribution in [1.29, 1.82) is 0 Å². The van der Waals surface area contributed by atoms with Crippen LogP contribution >= 0.6 is 0 Å². The van der Waals surface area contributed by atoms with Crippen molar-refractivity contribution in [1.82, 2.24) is 0 Å². The van der Waals surface area contributed by atoms with E-state index in [1.54, 1.807) is 24.3 Å². The maximum atomic E-state index is 12.1. The Labute approximate surface area is 171 Å². The Hall–Kier alpha value is -3.59. The molecule has 3 aromatic rings. The third kappa shape index (κ3) is 6.22. The van der Waals surface area contributed by atoms with Crippen molar-refractivity contribution in [3.8, 4) is 11.5 Å². The minimum atomic E-state index is -0.0145. The highest BCUT2D eigenvalue weighted by Crippen LogP contribution is 2.17. The van der Waals surface area contributed by atoms with Gasteiger partial charge in [-0.25, -0.2) is 0 Å². The van der Waals surface area contributed by atoms with Gasteiger partial charge < -0.3 is 9.47 Å². The van der Waals surface area contributed by atoms with E-state index in [0.717, 1.165) is 28.2 Å². The van der Waals surface area contributed by atoms with Crippen molar-refractivity contribution in [2.45, 2.75) is 6.92 Å². The van der Waals surface area contributed by atoms with Gasteiger partial charge in [0.15, 0.2) is 5.78 Å². The van der Waals surface area contributed by atoms with Gasteiger partial charge in [-0.1, -0.05) is 72.8 Å². The van der Waals surface area contributed by atoms with Crippen molar-refractivity contribution >= 4 is 17.4 Å². The molecule has 3 rings (SSSR count). The van der Waals surface area contributed by atoms with Crippen LogP contribution in [0.25, 0.3) is 11.6 Å². The normalized spacial score (nSPS) is 10.7. The molecule has 0 bridgehead atoms. The van der Waals surface area contributed by atoms with Gasteiger partial charge in [-0.05, 0) is 48.4 Å². The predicted octanol–water partition coefficient (Wildman–Crippen LogP) is 6.07. The van der Waals surface area contributed by atoms with Gasteiger partial charge in [0.05, 0.1) is 0 Å². The third-order valence-electron chi connectivity index (χ3n) is 4.33. The van der Waals surface area contributed by atoms with E-state index in [1.807, 2.05) is 73.7 Å². The molecule has 0 saturated carbocycles. The molecule has 0 aromatic heterocycles. The second-order valence-electron chi connectivity index (χ2n) is 6.63. The van der Waals surface area contributed by atoms with E-state index in [4.69, 9.17) is 9.47 Å². The first-order valence-electron chi connectivity index (χ1n) is 9.51. The Kier molecular flexibility index (Phi) is 7.01. The molecule has 0 fully saturated rings. The van der Waals surface area contributed by atoms with E-state index in [9.17, 15) is 4.79 Å². The quantitative estimate of drug-likeness (QED) is 0.255. The molecule has 0 saturated heterocycles. The molecule has 3 aromatic carbocycles. The van der Waals surface area contributed by atoms with E-state index in [1.165, 1.54) is 0 Å². The second kappa shape index (κ2) is 10.1. The number of hydrogen-bond donors (Lipinski definition) is 0. The van der Waals surface area contributed by atoms with Crippen LogP contribution in [0.15, 0.2) is 91.5 Å². The average molecular weight is 384 g/mol. The molecular formula is C26H24O3. The molecule has 3 nitrogen and oxygen atoms in total. The Balaban J connectivity index is 1.44. The van der Waals surface area contributed by atoms with Crippen LogP contribution in [0.3, 0.4) is 0 Å². The topological polar surface area (TPSA) is 35.5 Å². The molecule has 0 spiro atoms. The molecule has 0 amide bonds. The monoisotopic (exact) mass is 384 g/mol. The van der Waals surface area contributed by atoms with Gasteiger partial charge in [-0.15, -0.1) is 0 Å². The average Bonchev–Trinajstić information content (AvgIpc) is 2.77. The van der Waals surface area contributed by atoms with Gasteiger partial charge in [-0.2, -0.15) is 0 Å². The lowest BCUT2D eigenvalue weighted by atomic mass is 10.1. The maximum Gasteiger partial charge on any atom is 0.185 e. The Morgan fingerprint density at radius 1 is 0.793 bits per heavy atom. The molecule has 0 aliphatic carbocycles. The van der Waals surface area contributed by atoms with Gasteiger partial charge in [0.1, 0.15) is 24.7 Å². The van der Waals surface area contributed by atoms with E-state index in [2.05, 4.69) is 6.58 Å². The Morgan fingerprint density at radius 3 is 1.90 bits per heavy atom. The van der Waals surface area contributed by atoms with E-state index >= 15 is 0 Å². The van der Waals surface area contributed by atoms with Gasteiger partial charge >= 0.3 is 0 Å². The smallest absolute Gasteiger partial charge is 0.185 e. The summed E-state index contributed by atoms with van der Waals surface area (Å²) in [6.07, 6.45) is 3.38. The third-order valence-corrected chi connectivity index (χ3v) is 4.33. The highest BCUT2D eigenvalue weighted by atomic mass is 16.5. The standard InChI is InChI=1S/C26H24O3/c1-20(2)22-11-15-25(16-12-22)29-19-18-28-24-13-8-21(9-14-24)10-17-26(27)23-6-4-3-5-7-23/h3-17H,1,18-19H2,2H3/b17-10+. The van der Waals surface area contributed by atoms with Crippen molar-refractivity contribution in [2.24, 2.45) is 0 Å². The van der Waals surface area contributed by atoms with Crippen LogP contribution in [-0.4, -0.2) is 19.0 Å². The lowest BCUT2D eigenvalue weighted by molar-refractivity contribution is 0.104. The van der Waals surface area contributed by atoms with Crippen LogP contribution in [0, 0.1) is 0 Å². The van der Waals surface area contributed by atoms with E-state index in [-0.39, 0.29) is 5.78 Å². The highest BCUT2D eigenvalue weighted by molar-refractivity contribution is 6.06. The molecule has 0 aliphatic heterocycles. The predicted molar refractivity (Wildman–Crippen MR) is 118 cm³/mol. The summed E-state index contributed by atoms with van der Waals surface area (Å²) in [5.41, 5.74) is 3.75. The molecule has 0 heterocycles. The van der Waals surface area contributed by atoms with E-state index in [0.29, 0.717) is 18.8 Å². The summed E-state index contributed by atoms with van der Waals surface area (Å²) in [5, 5.41) is 0. The first-order chi connectivity index (χ1) is 14.1. The number of rotatable bonds is 9. The molecule has 3 heteroatoms. The highest BCUT2D eigenvalue weighted by Gasteiger charge is 2.00. The minimum Gasteiger partial charge on any atom is -0.490 e. The maximum absolute atomic E-state index is 12.1. The van der Waals surface area contributed by atoms with Crippen molar-refractivity contribution in [2.75, 3.05) is 13.2 Å². The fourth-order valence-electron chi connectivity index (χ4n) is 2.70. The Bertz CT molecular complexity index is 969. The summed E-state index contributed by atoms with van der Waals surface area (Å²) in [4.78, 5) is 12.1. The number of hydrogen-bond acceptors (Lipinski definition) is 3. The zero-order valence-corrected chi connectivity index (χ0v) is 16.5. The van der Waals surface area contributed by atoms with Crippen LogP contribution in [0.4, 0.5) is 0 Å². The molecule has 0 radical (unpaired) electrons. The lowest BCUT2D eigenvalue weighted by Gasteiger charge is -2.09. The summed E-state index contributed by atoms with van der Waals surface area (Å²) in [6, 6.07) is 24.7. The number of carbonyl (C=O) groups excluding carboxylic acids is 1. The van der Waals surface area contributed by atoms with Gasteiger partial charge in [0.25, 0.3) is 0 Å². The first kappa shape index (κ1) is 20.2. The fraction of sp³-hybridized carbons (Fsp3) is 0.115. The zero-order valence-electron chi connectivity index (χ0n) is 16.5.